The van der Waals surface area contributed by atoms with Crippen LogP contribution in [-0.2, 0) is 4.74 Å². The number of methoxy groups -OCH3 is 1. The van der Waals surface area contributed by atoms with Gasteiger partial charge in [-0.05, 0) is 31.1 Å². The van der Waals surface area contributed by atoms with Crippen LogP contribution in [0.25, 0.3) is 0 Å². The van der Waals surface area contributed by atoms with E-state index in [1.54, 1.807) is 7.11 Å². The summed E-state index contributed by atoms with van der Waals surface area (Å²) in [4.78, 5) is 2.62. The Kier molecular flexibility index (Phi) is 3.93. The average Bonchev–Trinajstić information content (AvgIpc) is 2.86. The molecule has 0 aromatic heterocycles. The number of ether oxygens (including phenoxy) is 1. The van der Waals surface area contributed by atoms with E-state index in [1.807, 2.05) is 0 Å². The highest BCUT2D eigenvalue weighted by molar-refractivity contribution is 7.99. The molecule has 2 fully saturated rings. The zero-order valence-electron chi connectivity index (χ0n) is 9.58. The molecule has 2 aliphatic rings. The monoisotopic (exact) mass is 230 g/mol. The molecule has 15 heavy (non-hydrogen) atoms. The Bertz CT molecular complexity index is 207. The maximum absolute atomic E-state index is 5.98. The second kappa shape index (κ2) is 5.04. The predicted octanol–water partition coefficient (Wildman–Crippen LogP) is 0.789. The van der Waals surface area contributed by atoms with Crippen molar-refractivity contribution in [1.29, 1.82) is 0 Å². The Hall–Kier alpha value is 0.230. The molecule has 2 saturated heterocycles. The van der Waals surface area contributed by atoms with Gasteiger partial charge in [-0.25, -0.2) is 0 Å². The lowest BCUT2D eigenvalue weighted by atomic mass is 9.97. The molecule has 0 spiro atoms. The molecule has 0 aromatic rings. The van der Waals surface area contributed by atoms with Crippen LogP contribution < -0.4 is 5.73 Å². The Morgan fingerprint density at radius 3 is 3.07 bits per heavy atom. The largest absolute Gasteiger partial charge is 0.384 e. The molecule has 2 heterocycles. The summed E-state index contributed by atoms with van der Waals surface area (Å²) in [6.45, 7) is 4.13. The summed E-state index contributed by atoms with van der Waals surface area (Å²) in [5, 5.41) is 0. The fourth-order valence-electron chi connectivity index (χ4n) is 2.77. The van der Waals surface area contributed by atoms with Crippen molar-refractivity contribution in [3.05, 3.63) is 0 Å². The van der Waals surface area contributed by atoms with E-state index in [0.717, 1.165) is 19.1 Å². The second-order valence-electron chi connectivity index (χ2n) is 4.79. The van der Waals surface area contributed by atoms with E-state index in [2.05, 4.69) is 16.7 Å². The van der Waals surface area contributed by atoms with Gasteiger partial charge in [0.15, 0.2) is 0 Å². The lowest BCUT2D eigenvalue weighted by Gasteiger charge is -2.37. The van der Waals surface area contributed by atoms with E-state index in [0.29, 0.717) is 5.54 Å². The van der Waals surface area contributed by atoms with Crippen LogP contribution in [0.1, 0.15) is 12.8 Å². The van der Waals surface area contributed by atoms with Crippen LogP contribution >= 0.6 is 11.8 Å². The van der Waals surface area contributed by atoms with Crippen LogP contribution in [0.5, 0.6) is 0 Å². The summed E-state index contributed by atoms with van der Waals surface area (Å²) in [5.74, 6) is 3.23. The number of likely N-dealkylation sites (tertiary alicyclic amines) is 1. The number of nitrogens with two attached hydrogens (primary N) is 1. The predicted molar refractivity (Wildman–Crippen MR) is 65.3 cm³/mol. The Balaban J connectivity index is 1.93. The van der Waals surface area contributed by atoms with Crippen molar-refractivity contribution in [2.45, 2.75) is 18.4 Å². The summed E-state index contributed by atoms with van der Waals surface area (Å²) in [6, 6.07) is 0. The smallest absolute Gasteiger partial charge is 0.0503 e. The number of nitrogens with zero attached hydrogens (tertiary/aromatic N) is 1. The van der Waals surface area contributed by atoms with Crippen molar-refractivity contribution in [2.24, 2.45) is 11.7 Å². The molecule has 0 aromatic carbocycles. The molecular formula is C11H22N2OS. The summed E-state index contributed by atoms with van der Waals surface area (Å²) in [6.07, 6.45) is 2.55. The van der Waals surface area contributed by atoms with E-state index in [-0.39, 0.29) is 0 Å². The molecule has 2 N–H and O–H groups in total. The van der Waals surface area contributed by atoms with Gasteiger partial charge >= 0.3 is 0 Å². The average molecular weight is 230 g/mol. The molecule has 0 bridgehead atoms. The Labute approximate surface area is 96.7 Å². The van der Waals surface area contributed by atoms with E-state index in [4.69, 9.17) is 10.5 Å². The standard InChI is InChI=1S/C11H22N2OS/c1-14-7-10-2-4-13(6-10)11(8-12)3-5-15-9-11/h10H,2-9,12H2,1H3. The van der Waals surface area contributed by atoms with Gasteiger partial charge in [-0.1, -0.05) is 0 Å². The van der Waals surface area contributed by atoms with Crippen LogP contribution in [0.3, 0.4) is 0 Å². The summed E-state index contributed by atoms with van der Waals surface area (Å²) >= 11 is 2.05. The summed E-state index contributed by atoms with van der Waals surface area (Å²) < 4.78 is 5.24. The van der Waals surface area contributed by atoms with Gasteiger partial charge < -0.3 is 10.5 Å². The molecule has 2 rings (SSSR count). The Morgan fingerprint density at radius 2 is 2.47 bits per heavy atom. The van der Waals surface area contributed by atoms with Crippen molar-refractivity contribution in [3.8, 4) is 0 Å². The molecule has 2 unspecified atom stereocenters. The zero-order valence-corrected chi connectivity index (χ0v) is 10.4. The highest BCUT2D eigenvalue weighted by Gasteiger charge is 2.41. The maximum atomic E-state index is 5.98. The molecule has 0 amide bonds. The van der Waals surface area contributed by atoms with Crippen LogP contribution in [0.15, 0.2) is 0 Å². The molecule has 3 nitrogen and oxygen atoms in total. The highest BCUT2D eigenvalue weighted by atomic mass is 32.2. The number of hydrogen-bond acceptors (Lipinski definition) is 4. The SMILES string of the molecule is COCC1CCN(C2(CN)CCSC2)C1. The van der Waals surface area contributed by atoms with Crippen molar-refractivity contribution in [1.82, 2.24) is 4.90 Å². The first-order valence-corrected chi connectivity index (χ1v) is 6.98. The van der Waals surface area contributed by atoms with Crippen molar-refractivity contribution in [2.75, 3.05) is 44.9 Å². The molecule has 0 radical (unpaired) electrons. The van der Waals surface area contributed by atoms with Gasteiger partial charge in [0.2, 0.25) is 0 Å². The number of hydrogen-bond donors (Lipinski definition) is 1. The van der Waals surface area contributed by atoms with E-state index in [9.17, 15) is 0 Å². The van der Waals surface area contributed by atoms with Gasteiger partial charge in [-0.2, -0.15) is 11.8 Å². The maximum Gasteiger partial charge on any atom is 0.0503 e. The van der Waals surface area contributed by atoms with Gasteiger partial charge in [-0.15, -0.1) is 0 Å². The topological polar surface area (TPSA) is 38.5 Å². The highest BCUT2D eigenvalue weighted by Crippen LogP contribution is 2.36. The van der Waals surface area contributed by atoms with Crippen molar-refractivity contribution < 1.29 is 4.74 Å². The normalized spacial score (nSPS) is 37.6. The minimum atomic E-state index is 0.313. The van der Waals surface area contributed by atoms with Crippen LogP contribution in [0.2, 0.25) is 0 Å². The molecular weight excluding hydrogens is 208 g/mol. The molecule has 2 aliphatic heterocycles. The van der Waals surface area contributed by atoms with Crippen molar-refractivity contribution in [3.63, 3.8) is 0 Å². The molecule has 4 heteroatoms. The summed E-state index contributed by atoms with van der Waals surface area (Å²) in [7, 11) is 1.80. The van der Waals surface area contributed by atoms with Crippen LogP contribution in [0, 0.1) is 5.92 Å². The quantitative estimate of drug-likeness (QED) is 0.775. The fourth-order valence-corrected chi connectivity index (χ4v) is 4.26. The zero-order chi connectivity index (χ0) is 10.7. The van der Waals surface area contributed by atoms with E-state index < -0.39 is 0 Å². The minimum Gasteiger partial charge on any atom is -0.384 e. The lowest BCUT2D eigenvalue weighted by Crippen LogP contribution is -2.53. The van der Waals surface area contributed by atoms with E-state index in [1.165, 1.54) is 37.4 Å². The van der Waals surface area contributed by atoms with Gasteiger partial charge in [0.25, 0.3) is 0 Å². The minimum absolute atomic E-state index is 0.313. The Morgan fingerprint density at radius 1 is 1.60 bits per heavy atom. The third-order valence-corrected chi connectivity index (χ3v) is 5.06. The lowest BCUT2D eigenvalue weighted by molar-refractivity contribution is 0.120. The first kappa shape index (κ1) is 11.7. The first-order valence-electron chi connectivity index (χ1n) is 5.82. The van der Waals surface area contributed by atoms with Gasteiger partial charge in [-0.3, -0.25) is 4.90 Å². The molecule has 0 aliphatic carbocycles. The number of thioether (sulfide) groups is 1. The van der Waals surface area contributed by atoms with Gasteiger partial charge in [0, 0.05) is 31.5 Å². The molecule has 0 saturated carbocycles. The molecule has 2 atom stereocenters. The van der Waals surface area contributed by atoms with Crippen molar-refractivity contribution >= 4 is 11.8 Å². The van der Waals surface area contributed by atoms with Crippen LogP contribution in [0.4, 0.5) is 0 Å². The van der Waals surface area contributed by atoms with Gasteiger partial charge in [0.05, 0.1) is 6.61 Å². The summed E-state index contributed by atoms with van der Waals surface area (Å²) in [5.41, 5.74) is 6.29. The van der Waals surface area contributed by atoms with E-state index >= 15 is 0 Å². The first-order chi connectivity index (χ1) is 7.30. The molecule has 88 valence electrons. The van der Waals surface area contributed by atoms with Crippen LogP contribution in [-0.4, -0.2) is 55.3 Å². The van der Waals surface area contributed by atoms with Gasteiger partial charge in [0.1, 0.15) is 0 Å². The fraction of sp³-hybridized carbons (Fsp3) is 1.00. The second-order valence-corrected chi connectivity index (χ2v) is 5.89. The third kappa shape index (κ3) is 2.33. The number of rotatable bonds is 4. The third-order valence-electron chi connectivity index (χ3n) is 3.82.